The van der Waals surface area contributed by atoms with Gasteiger partial charge in [-0.1, -0.05) is 19.1 Å². The van der Waals surface area contributed by atoms with Gasteiger partial charge in [-0.3, -0.25) is 0 Å². The summed E-state index contributed by atoms with van der Waals surface area (Å²) in [5.74, 6) is -0.457. The molecule has 0 heterocycles. The Morgan fingerprint density at radius 3 is 2.57 bits per heavy atom. The zero-order chi connectivity index (χ0) is 10.8. The number of hydrogen-bond acceptors (Lipinski definition) is 2. The van der Waals surface area contributed by atoms with Crippen molar-refractivity contribution in [2.45, 2.75) is 18.6 Å². The minimum atomic E-state index is -3.68. The van der Waals surface area contributed by atoms with E-state index in [9.17, 15) is 12.8 Å². The molecule has 1 aromatic rings. The maximum atomic E-state index is 12.8. The van der Waals surface area contributed by atoms with E-state index < -0.39 is 20.1 Å². The SMILES string of the molecule is CCC(c1cccc(F)c1)S(=O)(=O)Cl. The molecule has 0 aliphatic carbocycles. The molecule has 1 rings (SSSR count). The Kier molecular flexibility index (Phi) is 3.50. The summed E-state index contributed by atoms with van der Waals surface area (Å²) >= 11 is 0. The van der Waals surface area contributed by atoms with Gasteiger partial charge in [0.2, 0.25) is 9.05 Å². The second kappa shape index (κ2) is 4.28. The Bertz CT molecular complexity index is 417. The van der Waals surface area contributed by atoms with Crippen molar-refractivity contribution in [3.63, 3.8) is 0 Å². The zero-order valence-corrected chi connectivity index (χ0v) is 9.15. The van der Waals surface area contributed by atoms with Gasteiger partial charge in [0.15, 0.2) is 0 Å². The molecule has 0 saturated heterocycles. The molecule has 0 fully saturated rings. The molecule has 0 N–H and O–H groups in total. The topological polar surface area (TPSA) is 34.1 Å². The largest absolute Gasteiger partial charge is 0.239 e. The predicted molar refractivity (Wildman–Crippen MR) is 54.2 cm³/mol. The smallest absolute Gasteiger partial charge is 0.212 e. The first-order valence-corrected chi connectivity index (χ1v) is 6.51. The summed E-state index contributed by atoms with van der Waals surface area (Å²) in [6.07, 6.45) is 0.329. The average Bonchev–Trinajstić information content (AvgIpc) is 2.02. The van der Waals surface area contributed by atoms with Gasteiger partial charge in [0.1, 0.15) is 11.1 Å². The first-order valence-electron chi connectivity index (χ1n) is 4.14. The Balaban J connectivity index is 3.14. The van der Waals surface area contributed by atoms with E-state index in [1.807, 2.05) is 0 Å². The summed E-state index contributed by atoms with van der Waals surface area (Å²) in [6, 6.07) is 5.47. The van der Waals surface area contributed by atoms with E-state index in [-0.39, 0.29) is 0 Å². The van der Waals surface area contributed by atoms with Crippen molar-refractivity contribution < 1.29 is 12.8 Å². The minimum absolute atomic E-state index is 0.329. The van der Waals surface area contributed by atoms with Crippen LogP contribution in [-0.2, 0) is 9.05 Å². The molecule has 0 aromatic heterocycles. The Morgan fingerprint density at radius 1 is 1.50 bits per heavy atom. The van der Waals surface area contributed by atoms with Crippen LogP contribution >= 0.6 is 10.7 Å². The second-order valence-corrected chi connectivity index (χ2v) is 5.74. The van der Waals surface area contributed by atoms with Gasteiger partial charge in [-0.05, 0) is 24.1 Å². The van der Waals surface area contributed by atoms with Crippen LogP contribution in [0.25, 0.3) is 0 Å². The first kappa shape index (κ1) is 11.5. The number of hydrogen-bond donors (Lipinski definition) is 0. The summed E-state index contributed by atoms with van der Waals surface area (Å²) in [5.41, 5.74) is 0.391. The molecule has 14 heavy (non-hydrogen) atoms. The van der Waals surface area contributed by atoms with Gasteiger partial charge < -0.3 is 0 Å². The van der Waals surface area contributed by atoms with E-state index in [4.69, 9.17) is 10.7 Å². The lowest BCUT2D eigenvalue weighted by Crippen LogP contribution is -2.06. The number of rotatable bonds is 3. The molecule has 0 bridgehead atoms. The van der Waals surface area contributed by atoms with Crippen molar-refractivity contribution in [1.29, 1.82) is 0 Å². The van der Waals surface area contributed by atoms with Crippen LogP contribution in [0.2, 0.25) is 0 Å². The van der Waals surface area contributed by atoms with E-state index in [0.29, 0.717) is 12.0 Å². The van der Waals surface area contributed by atoms with Gasteiger partial charge in [-0.25, -0.2) is 12.8 Å². The quantitative estimate of drug-likeness (QED) is 0.757. The predicted octanol–water partition coefficient (Wildman–Crippen LogP) is 2.85. The molecule has 2 nitrogen and oxygen atoms in total. The average molecular weight is 237 g/mol. The lowest BCUT2D eigenvalue weighted by molar-refractivity contribution is 0.591. The molecule has 0 aliphatic heterocycles. The fraction of sp³-hybridized carbons (Fsp3) is 0.333. The van der Waals surface area contributed by atoms with Crippen LogP contribution in [0.5, 0.6) is 0 Å². The third-order valence-electron chi connectivity index (χ3n) is 1.93. The molecule has 1 aromatic carbocycles. The summed E-state index contributed by atoms with van der Waals surface area (Å²) in [5, 5.41) is -0.833. The van der Waals surface area contributed by atoms with Gasteiger partial charge >= 0.3 is 0 Å². The molecule has 0 saturated carbocycles. The van der Waals surface area contributed by atoms with Crippen LogP contribution in [0.4, 0.5) is 4.39 Å². The summed E-state index contributed by atoms with van der Waals surface area (Å²) in [4.78, 5) is 0. The molecule has 1 atom stereocenters. The van der Waals surface area contributed by atoms with Crippen LogP contribution in [-0.4, -0.2) is 8.42 Å². The van der Waals surface area contributed by atoms with Gasteiger partial charge in [0.25, 0.3) is 0 Å². The van der Waals surface area contributed by atoms with Crippen molar-refractivity contribution in [3.05, 3.63) is 35.6 Å². The van der Waals surface area contributed by atoms with Crippen molar-refractivity contribution in [3.8, 4) is 0 Å². The van der Waals surface area contributed by atoms with E-state index in [1.54, 1.807) is 13.0 Å². The van der Waals surface area contributed by atoms with Gasteiger partial charge in [-0.15, -0.1) is 0 Å². The van der Waals surface area contributed by atoms with Gasteiger partial charge in [-0.2, -0.15) is 0 Å². The normalized spacial score (nSPS) is 13.9. The highest BCUT2D eigenvalue weighted by Crippen LogP contribution is 2.28. The molecule has 78 valence electrons. The van der Waals surface area contributed by atoms with Crippen molar-refractivity contribution >= 4 is 19.7 Å². The van der Waals surface area contributed by atoms with Gasteiger partial charge in [0, 0.05) is 10.7 Å². The molecule has 0 aliphatic rings. The fourth-order valence-corrected chi connectivity index (χ4v) is 2.86. The zero-order valence-electron chi connectivity index (χ0n) is 7.57. The van der Waals surface area contributed by atoms with E-state index in [0.717, 1.165) is 0 Å². The second-order valence-electron chi connectivity index (χ2n) is 2.93. The molecule has 0 amide bonds. The maximum Gasteiger partial charge on any atom is 0.239 e. The summed E-state index contributed by atoms with van der Waals surface area (Å²) in [7, 11) is 1.56. The van der Waals surface area contributed by atoms with Crippen LogP contribution in [0.1, 0.15) is 24.2 Å². The molecule has 5 heteroatoms. The first-order chi connectivity index (χ1) is 6.45. The van der Waals surface area contributed by atoms with Crippen LogP contribution in [0.15, 0.2) is 24.3 Å². The summed E-state index contributed by atoms with van der Waals surface area (Å²) in [6.45, 7) is 1.69. The molecular weight excluding hydrogens is 227 g/mol. The van der Waals surface area contributed by atoms with Crippen molar-refractivity contribution in [2.24, 2.45) is 0 Å². The maximum absolute atomic E-state index is 12.8. The van der Waals surface area contributed by atoms with Crippen LogP contribution in [0, 0.1) is 5.82 Å². The third-order valence-corrected chi connectivity index (χ3v) is 3.86. The lowest BCUT2D eigenvalue weighted by atomic mass is 10.1. The highest BCUT2D eigenvalue weighted by molar-refractivity contribution is 8.13. The standard InChI is InChI=1S/C9H10ClFO2S/c1-2-9(14(10,12)13)7-4-3-5-8(11)6-7/h3-6,9H,2H2,1H3. The molecule has 0 radical (unpaired) electrons. The molecule has 1 unspecified atom stereocenters. The number of benzene rings is 1. The highest BCUT2D eigenvalue weighted by Gasteiger charge is 2.23. The Hall–Kier alpha value is -0.610. The van der Waals surface area contributed by atoms with E-state index >= 15 is 0 Å². The summed E-state index contributed by atoms with van der Waals surface area (Å²) < 4.78 is 35.0. The van der Waals surface area contributed by atoms with E-state index in [1.165, 1.54) is 18.2 Å². The third kappa shape index (κ3) is 2.69. The van der Waals surface area contributed by atoms with Crippen molar-refractivity contribution in [1.82, 2.24) is 0 Å². The minimum Gasteiger partial charge on any atom is -0.212 e. The Morgan fingerprint density at radius 2 is 2.14 bits per heavy atom. The monoisotopic (exact) mass is 236 g/mol. The highest BCUT2D eigenvalue weighted by atomic mass is 35.7. The lowest BCUT2D eigenvalue weighted by Gasteiger charge is -2.10. The van der Waals surface area contributed by atoms with Crippen LogP contribution in [0.3, 0.4) is 0 Å². The van der Waals surface area contributed by atoms with Crippen LogP contribution < -0.4 is 0 Å². The number of halogens is 2. The fourth-order valence-electron chi connectivity index (χ4n) is 1.30. The van der Waals surface area contributed by atoms with Crippen molar-refractivity contribution in [2.75, 3.05) is 0 Å². The Labute approximate surface area is 87.1 Å². The molecular formula is C9H10ClFO2S. The van der Waals surface area contributed by atoms with E-state index in [2.05, 4.69) is 0 Å². The van der Waals surface area contributed by atoms with Gasteiger partial charge in [0.05, 0.1) is 0 Å². The molecule has 0 spiro atoms.